The molecule has 2 heterocycles. The van der Waals surface area contributed by atoms with Gasteiger partial charge in [0.2, 0.25) is 0 Å². The Hall–Kier alpha value is -2.11. The Bertz CT molecular complexity index is 948. The van der Waals surface area contributed by atoms with Gasteiger partial charge in [-0.3, -0.25) is 9.59 Å². The van der Waals surface area contributed by atoms with Crippen molar-refractivity contribution >= 4 is 34.7 Å². The van der Waals surface area contributed by atoms with E-state index in [0.29, 0.717) is 0 Å². The van der Waals surface area contributed by atoms with Crippen molar-refractivity contribution in [2.75, 3.05) is 11.9 Å². The fourth-order valence-electron chi connectivity index (χ4n) is 3.16. The van der Waals surface area contributed by atoms with Crippen LogP contribution < -0.4 is 10.5 Å². The fraction of sp³-hybridized carbons (Fsp3) is 0.278. The topological polar surface area (TPSA) is 55.2 Å². The van der Waals surface area contributed by atoms with Crippen molar-refractivity contribution < 1.29 is 4.79 Å². The lowest BCUT2D eigenvalue weighted by Gasteiger charge is -2.24. The van der Waals surface area contributed by atoms with Crippen LogP contribution in [0.5, 0.6) is 0 Å². The van der Waals surface area contributed by atoms with E-state index in [9.17, 15) is 9.59 Å². The molecule has 25 heavy (non-hydrogen) atoms. The van der Waals surface area contributed by atoms with Gasteiger partial charge in [0.05, 0.1) is 11.2 Å². The molecule has 0 fully saturated rings. The van der Waals surface area contributed by atoms with Gasteiger partial charge in [-0.15, -0.1) is 0 Å². The molecule has 0 unspecified atom stereocenters. The highest BCUT2D eigenvalue weighted by atomic mass is 35.5. The van der Waals surface area contributed by atoms with Crippen molar-refractivity contribution in [3.05, 3.63) is 68.2 Å². The van der Waals surface area contributed by atoms with E-state index in [1.807, 2.05) is 30.1 Å². The highest BCUT2D eigenvalue weighted by Gasteiger charge is 2.38. The number of para-hydroxylation sites is 1. The Morgan fingerprint density at radius 2 is 1.96 bits per heavy atom. The minimum absolute atomic E-state index is 0.0702. The lowest BCUT2D eigenvalue weighted by Crippen LogP contribution is -2.28. The molecular formula is C18H17Cl2N3O2. The number of carbonyl (C=O) groups is 1. The second-order valence-corrected chi connectivity index (χ2v) is 7.25. The largest absolute Gasteiger partial charge is 0.347 e. The number of hydrogen-bond acceptors (Lipinski definition) is 4. The van der Waals surface area contributed by atoms with Crippen molar-refractivity contribution in [3.63, 3.8) is 0 Å². The van der Waals surface area contributed by atoms with Crippen molar-refractivity contribution in [2.24, 2.45) is 0 Å². The monoisotopic (exact) mass is 377 g/mol. The third-order valence-corrected chi connectivity index (χ3v) is 5.23. The van der Waals surface area contributed by atoms with Gasteiger partial charge >= 0.3 is 0 Å². The molecule has 0 atom stereocenters. The van der Waals surface area contributed by atoms with Gasteiger partial charge in [0, 0.05) is 29.9 Å². The van der Waals surface area contributed by atoms with Crippen LogP contribution in [0.25, 0.3) is 0 Å². The van der Waals surface area contributed by atoms with Gasteiger partial charge in [0.15, 0.2) is 5.78 Å². The standard InChI is InChI=1S/C18H17Cl2N3O2/c1-18(2)12-6-4-5-7-14(12)22(3)15(18)8-11(24)10-23-17(25)16(20)13(19)9-21-23/h4-9H,10H2,1-3H3/b15-8+. The molecular weight excluding hydrogens is 361 g/mol. The fourth-order valence-corrected chi connectivity index (χ4v) is 3.43. The first-order chi connectivity index (χ1) is 11.7. The van der Waals surface area contributed by atoms with Crippen molar-refractivity contribution in [3.8, 4) is 0 Å². The minimum atomic E-state index is -0.580. The average Bonchev–Trinajstić information content (AvgIpc) is 2.77. The third-order valence-electron chi connectivity index (χ3n) is 4.49. The minimum Gasteiger partial charge on any atom is -0.347 e. The molecule has 0 radical (unpaired) electrons. The van der Waals surface area contributed by atoms with Crippen LogP contribution in [0.3, 0.4) is 0 Å². The average molecular weight is 378 g/mol. The van der Waals surface area contributed by atoms with Gasteiger partial charge in [-0.05, 0) is 11.6 Å². The predicted molar refractivity (Wildman–Crippen MR) is 99.5 cm³/mol. The normalized spacial score (nSPS) is 17.0. The number of ketones is 1. The molecule has 0 saturated carbocycles. The van der Waals surface area contributed by atoms with Crippen LogP contribution in [0.15, 0.2) is 47.0 Å². The molecule has 0 saturated heterocycles. The number of allylic oxidation sites excluding steroid dienone is 2. The third kappa shape index (κ3) is 2.98. The van der Waals surface area contributed by atoms with Crippen molar-refractivity contribution in [1.82, 2.24) is 9.78 Å². The number of nitrogens with zero attached hydrogens (tertiary/aromatic N) is 3. The molecule has 1 aliphatic rings. The summed E-state index contributed by atoms with van der Waals surface area (Å²) < 4.78 is 1.02. The zero-order valence-electron chi connectivity index (χ0n) is 14.1. The van der Waals surface area contributed by atoms with Gasteiger partial charge in [-0.25, -0.2) is 4.68 Å². The predicted octanol–water partition coefficient (Wildman–Crippen LogP) is 3.43. The number of carbonyl (C=O) groups excluding carboxylic acids is 1. The van der Waals surface area contributed by atoms with Crippen molar-refractivity contribution in [2.45, 2.75) is 25.8 Å². The maximum absolute atomic E-state index is 12.5. The molecule has 0 bridgehead atoms. The molecule has 7 heteroatoms. The first kappa shape index (κ1) is 17.7. The first-order valence-electron chi connectivity index (χ1n) is 7.73. The Morgan fingerprint density at radius 3 is 2.64 bits per heavy atom. The number of halogens is 2. The number of anilines is 1. The molecule has 1 aliphatic heterocycles. The molecule has 0 aliphatic carbocycles. The zero-order chi connectivity index (χ0) is 18.4. The zero-order valence-corrected chi connectivity index (χ0v) is 15.6. The summed E-state index contributed by atoms with van der Waals surface area (Å²) >= 11 is 11.6. The van der Waals surface area contributed by atoms with Crippen LogP contribution in [0.1, 0.15) is 19.4 Å². The number of likely N-dealkylation sites (N-methyl/N-ethyl adjacent to an activating group) is 1. The van der Waals surface area contributed by atoms with Crippen LogP contribution in [0, 0.1) is 0 Å². The van der Waals surface area contributed by atoms with E-state index in [1.165, 1.54) is 6.20 Å². The summed E-state index contributed by atoms with van der Waals surface area (Å²) in [6.45, 7) is 3.94. The number of fused-ring (bicyclic) bond motifs is 1. The quantitative estimate of drug-likeness (QED) is 0.768. The molecule has 3 rings (SSSR count). The maximum Gasteiger partial charge on any atom is 0.287 e. The number of rotatable bonds is 3. The molecule has 2 aromatic rings. The Labute approximate surface area is 155 Å². The summed E-state index contributed by atoms with van der Waals surface area (Å²) in [4.78, 5) is 26.6. The molecule has 1 aromatic carbocycles. The number of benzene rings is 1. The molecule has 1 aromatic heterocycles. The Morgan fingerprint density at radius 1 is 1.28 bits per heavy atom. The molecule has 0 N–H and O–H groups in total. The van der Waals surface area contributed by atoms with Crippen LogP contribution in [0.4, 0.5) is 5.69 Å². The molecule has 0 amide bonds. The van der Waals surface area contributed by atoms with E-state index in [1.54, 1.807) is 6.08 Å². The van der Waals surface area contributed by atoms with Crippen LogP contribution >= 0.6 is 23.2 Å². The summed E-state index contributed by atoms with van der Waals surface area (Å²) in [5, 5.41) is 3.81. The SMILES string of the molecule is CN1/C(=C/C(=O)Cn2ncc(Cl)c(Cl)c2=O)C(C)(C)c2ccccc21. The summed E-state index contributed by atoms with van der Waals surface area (Å²) in [5.41, 5.74) is 2.20. The van der Waals surface area contributed by atoms with Crippen LogP contribution in [-0.4, -0.2) is 22.6 Å². The number of hydrogen-bond donors (Lipinski definition) is 0. The maximum atomic E-state index is 12.5. The smallest absolute Gasteiger partial charge is 0.287 e. The lowest BCUT2D eigenvalue weighted by atomic mass is 9.83. The van der Waals surface area contributed by atoms with E-state index in [2.05, 4.69) is 25.0 Å². The lowest BCUT2D eigenvalue weighted by molar-refractivity contribution is -0.115. The van der Waals surface area contributed by atoms with Gasteiger partial charge in [0.1, 0.15) is 11.6 Å². The van der Waals surface area contributed by atoms with Crippen LogP contribution in [-0.2, 0) is 16.8 Å². The first-order valence-corrected chi connectivity index (χ1v) is 8.48. The summed E-state index contributed by atoms with van der Waals surface area (Å²) in [6.07, 6.45) is 2.82. The van der Waals surface area contributed by atoms with E-state index in [-0.39, 0.29) is 27.8 Å². The number of aromatic nitrogens is 2. The summed E-state index contributed by atoms with van der Waals surface area (Å²) in [7, 11) is 1.93. The van der Waals surface area contributed by atoms with E-state index in [0.717, 1.165) is 21.6 Å². The van der Waals surface area contributed by atoms with Crippen molar-refractivity contribution in [1.29, 1.82) is 0 Å². The second kappa shape index (κ2) is 6.32. The van der Waals surface area contributed by atoms with E-state index in [4.69, 9.17) is 23.2 Å². The van der Waals surface area contributed by atoms with Gasteiger partial charge < -0.3 is 4.90 Å². The molecule has 130 valence electrons. The second-order valence-electron chi connectivity index (χ2n) is 6.47. The molecule has 5 nitrogen and oxygen atoms in total. The van der Waals surface area contributed by atoms with Gasteiger partial charge in [0.25, 0.3) is 5.56 Å². The summed E-state index contributed by atoms with van der Waals surface area (Å²) in [5.74, 6) is -0.240. The van der Waals surface area contributed by atoms with E-state index >= 15 is 0 Å². The highest BCUT2D eigenvalue weighted by molar-refractivity contribution is 6.41. The Kier molecular flexibility index (Phi) is 4.47. The van der Waals surface area contributed by atoms with Crippen LogP contribution in [0.2, 0.25) is 10.0 Å². The van der Waals surface area contributed by atoms with Gasteiger partial charge in [-0.2, -0.15) is 5.10 Å². The highest BCUT2D eigenvalue weighted by Crippen LogP contribution is 2.46. The molecule has 0 spiro atoms. The summed E-state index contributed by atoms with van der Waals surface area (Å²) in [6, 6.07) is 8.03. The van der Waals surface area contributed by atoms with Gasteiger partial charge in [-0.1, -0.05) is 55.2 Å². The Balaban J connectivity index is 1.93. The van der Waals surface area contributed by atoms with E-state index < -0.39 is 5.56 Å².